The van der Waals surface area contributed by atoms with Crippen molar-refractivity contribution in [2.75, 3.05) is 13.2 Å². The van der Waals surface area contributed by atoms with Gasteiger partial charge in [0.15, 0.2) is 6.10 Å². The summed E-state index contributed by atoms with van der Waals surface area (Å²) in [7, 11) is 0. The number of hydrogen-bond donors (Lipinski definition) is 0. The molecule has 1 unspecified atom stereocenters. The summed E-state index contributed by atoms with van der Waals surface area (Å²) in [6.45, 7) is 6.43. The number of unbranched alkanes of at least 4 members (excludes halogenated alkanes) is 33. The first kappa shape index (κ1) is 71.6. The lowest BCUT2D eigenvalue weighted by atomic mass is 10.0. The summed E-state index contributed by atoms with van der Waals surface area (Å²) < 4.78 is 16.9. The molecule has 0 N–H and O–H groups in total. The number of carbonyl (C=O) groups excluding carboxylic acids is 3. The summed E-state index contributed by atoms with van der Waals surface area (Å²) in [6, 6.07) is 0. The Bertz CT molecular complexity index is 1430. The fourth-order valence-electron chi connectivity index (χ4n) is 9.16. The predicted octanol–water partition coefficient (Wildman–Crippen LogP) is 21.9. The Kier molecular flexibility index (Phi) is 60.3. The molecule has 0 aromatic rings. The zero-order chi connectivity index (χ0) is 54.3. The smallest absolute Gasteiger partial charge is 0.306 e. The lowest BCUT2D eigenvalue weighted by molar-refractivity contribution is -0.167. The van der Waals surface area contributed by atoms with Crippen molar-refractivity contribution in [1.82, 2.24) is 0 Å². The predicted molar refractivity (Wildman–Crippen MR) is 325 cm³/mol. The van der Waals surface area contributed by atoms with Crippen molar-refractivity contribution in [3.63, 3.8) is 0 Å². The van der Waals surface area contributed by atoms with Gasteiger partial charge in [-0.2, -0.15) is 0 Å². The van der Waals surface area contributed by atoms with Gasteiger partial charge < -0.3 is 14.2 Å². The molecule has 0 saturated heterocycles. The molecular weight excluding hydrogens is 925 g/mol. The largest absolute Gasteiger partial charge is 0.462 e. The average Bonchev–Trinajstić information content (AvgIpc) is 3.41. The third-order valence-corrected chi connectivity index (χ3v) is 13.9. The van der Waals surface area contributed by atoms with Crippen molar-refractivity contribution in [3.05, 3.63) is 85.1 Å². The van der Waals surface area contributed by atoms with E-state index in [4.69, 9.17) is 14.2 Å². The molecule has 0 aliphatic heterocycles. The van der Waals surface area contributed by atoms with Gasteiger partial charge in [-0.25, -0.2) is 0 Å². The quantitative estimate of drug-likeness (QED) is 0.0261. The van der Waals surface area contributed by atoms with Crippen molar-refractivity contribution in [2.24, 2.45) is 0 Å². The molecule has 432 valence electrons. The van der Waals surface area contributed by atoms with E-state index < -0.39 is 6.10 Å². The first-order valence-electron chi connectivity index (χ1n) is 32.1. The second-order valence-electron chi connectivity index (χ2n) is 21.3. The van der Waals surface area contributed by atoms with Crippen LogP contribution in [-0.2, 0) is 28.6 Å². The van der Waals surface area contributed by atoms with E-state index in [9.17, 15) is 14.4 Å². The van der Waals surface area contributed by atoms with Crippen LogP contribution in [0.3, 0.4) is 0 Å². The highest BCUT2D eigenvalue weighted by atomic mass is 16.6. The Balaban J connectivity index is 4.19. The zero-order valence-corrected chi connectivity index (χ0v) is 49.6. The summed E-state index contributed by atoms with van der Waals surface area (Å²) in [5.74, 6) is -0.874. The molecule has 0 amide bonds. The van der Waals surface area contributed by atoms with E-state index in [0.29, 0.717) is 19.3 Å². The minimum atomic E-state index is -0.779. The number of hydrogen-bond acceptors (Lipinski definition) is 6. The molecule has 0 aromatic carbocycles. The van der Waals surface area contributed by atoms with Crippen LogP contribution < -0.4 is 0 Å². The highest BCUT2D eigenvalue weighted by Crippen LogP contribution is 2.17. The molecule has 6 heteroatoms. The molecule has 0 spiro atoms. The molecule has 0 aromatic heterocycles. The number of allylic oxidation sites excluding steroid dienone is 14. The second-order valence-corrected chi connectivity index (χ2v) is 21.3. The van der Waals surface area contributed by atoms with Gasteiger partial charge in [0.25, 0.3) is 0 Å². The minimum Gasteiger partial charge on any atom is -0.462 e. The van der Waals surface area contributed by atoms with Crippen LogP contribution in [0.2, 0.25) is 0 Å². The number of rotatable bonds is 58. The minimum absolute atomic E-state index is 0.0764. The van der Waals surface area contributed by atoms with E-state index >= 15 is 0 Å². The molecule has 6 nitrogen and oxygen atoms in total. The molecule has 0 rings (SSSR count). The Morgan fingerprint density at radius 2 is 0.520 bits per heavy atom. The monoisotopic (exact) mass is 1040 g/mol. The second kappa shape index (κ2) is 63.1. The maximum Gasteiger partial charge on any atom is 0.306 e. The number of carbonyl (C=O) groups is 3. The van der Waals surface area contributed by atoms with Crippen LogP contribution in [-0.4, -0.2) is 37.2 Å². The summed E-state index contributed by atoms with van der Waals surface area (Å²) in [4.78, 5) is 38.2. The third-order valence-electron chi connectivity index (χ3n) is 13.9. The van der Waals surface area contributed by atoms with Crippen LogP contribution in [0, 0.1) is 0 Å². The summed E-state index contributed by atoms with van der Waals surface area (Å²) in [5.41, 5.74) is 0. The highest BCUT2D eigenvalue weighted by Gasteiger charge is 2.19. The fraction of sp³-hybridized carbons (Fsp3) is 0.754. The first-order valence-corrected chi connectivity index (χ1v) is 32.1. The van der Waals surface area contributed by atoms with Gasteiger partial charge in [0, 0.05) is 19.3 Å². The van der Waals surface area contributed by atoms with Gasteiger partial charge in [-0.3, -0.25) is 14.4 Å². The molecule has 0 heterocycles. The van der Waals surface area contributed by atoms with Crippen molar-refractivity contribution >= 4 is 17.9 Å². The Morgan fingerprint density at radius 1 is 0.280 bits per heavy atom. The van der Waals surface area contributed by atoms with Gasteiger partial charge in [0.2, 0.25) is 0 Å². The van der Waals surface area contributed by atoms with E-state index in [1.807, 2.05) is 0 Å². The van der Waals surface area contributed by atoms with E-state index in [1.54, 1.807) is 0 Å². The summed E-state index contributed by atoms with van der Waals surface area (Å²) in [6.07, 6.45) is 83.1. The van der Waals surface area contributed by atoms with Gasteiger partial charge >= 0.3 is 17.9 Å². The van der Waals surface area contributed by atoms with E-state index in [-0.39, 0.29) is 31.1 Å². The number of esters is 3. The lowest BCUT2D eigenvalue weighted by Crippen LogP contribution is -2.30. The van der Waals surface area contributed by atoms with Gasteiger partial charge in [-0.05, 0) is 89.9 Å². The third kappa shape index (κ3) is 61.3. The van der Waals surface area contributed by atoms with E-state index in [2.05, 4.69) is 106 Å². The molecule has 0 aliphatic rings. The van der Waals surface area contributed by atoms with Crippen LogP contribution >= 0.6 is 0 Å². The molecule has 0 saturated carbocycles. The van der Waals surface area contributed by atoms with Crippen molar-refractivity contribution in [1.29, 1.82) is 0 Å². The van der Waals surface area contributed by atoms with Crippen LogP contribution in [0.25, 0.3) is 0 Å². The van der Waals surface area contributed by atoms with Gasteiger partial charge in [0.1, 0.15) is 13.2 Å². The average molecular weight is 1050 g/mol. The van der Waals surface area contributed by atoms with E-state index in [0.717, 1.165) is 109 Å². The van der Waals surface area contributed by atoms with Gasteiger partial charge in [-0.1, -0.05) is 292 Å². The first-order chi connectivity index (χ1) is 37.0. The topological polar surface area (TPSA) is 78.9 Å². The van der Waals surface area contributed by atoms with Crippen LogP contribution in [0.1, 0.15) is 316 Å². The zero-order valence-electron chi connectivity index (χ0n) is 49.6. The van der Waals surface area contributed by atoms with Crippen LogP contribution in [0.4, 0.5) is 0 Å². The van der Waals surface area contributed by atoms with Crippen LogP contribution in [0.5, 0.6) is 0 Å². The van der Waals surface area contributed by atoms with Crippen molar-refractivity contribution in [3.8, 4) is 0 Å². The highest BCUT2D eigenvalue weighted by molar-refractivity contribution is 5.71. The Morgan fingerprint density at radius 3 is 0.813 bits per heavy atom. The molecule has 0 aliphatic carbocycles. The fourth-order valence-corrected chi connectivity index (χ4v) is 9.16. The Hall–Kier alpha value is -3.41. The summed E-state index contributed by atoms with van der Waals surface area (Å²) >= 11 is 0. The molecule has 0 fully saturated rings. The maximum absolute atomic E-state index is 12.9. The van der Waals surface area contributed by atoms with Gasteiger partial charge in [0.05, 0.1) is 0 Å². The molecule has 0 radical (unpaired) electrons. The SMILES string of the molecule is CC/C=C\C/C=C\C/C=C\C/C=C\CCCCCCCCCCCCCCCCCCC(=O)OCC(COC(=O)CCCCCCCCCCCCC)OC(=O)CCCCCCCCC/C=C\C/C=C\C/C=C\CC. The summed E-state index contributed by atoms with van der Waals surface area (Å²) in [5, 5.41) is 0. The van der Waals surface area contributed by atoms with Gasteiger partial charge in [-0.15, -0.1) is 0 Å². The molecule has 0 bridgehead atoms. The van der Waals surface area contributed by atoms with Crippen molar-refractivity contribution < 1.29 is 28.6 Å². The van der Waals surface area contributed by atoms with Crippen LogP contribution in [0.15, 0.2) is 85.1 Å². The Labute approximate surface area is 465 Å². The lowest BCUT2D eigenvalue weighted by Gasteiger charge is -2.18. The molecule has 1 atom stereocenters. The normalized spacial score (nSPS) is 12.6. The standard InChI is InChI=1S/C69H120O6/c1-4-7-10-13-16-19-22-24-26-28-29-30-31-32-33-34-35-36-37-38-39-41-42-44-47-50-53-56-59-62-68(71)74-65-66(64-73-67(70)61-58-55-52-49-46-21-18-15-12-9-6-3)75-69(72)63-60-57-54-51-48-45-43-40-27-25-23-20-17-14-11-8-5-2/h7-8,10-11,16-17,19-20,24-27,29-30,66H,4-6,9,12-15,18,21-23,28,31-65H2,1-3H3/b10-7-,11-8-,19-16-,20-17-,26-24-,27-25-,30-29-. The van der Waals surface area contributed by atoms with Crippen molar-refractivity contribution in [2.45, 2.75) is 322 Å². The number of ether oxygens (including phenoxy) is 3. The van der Waals surface area contributed by atoms with E-state index in [1.165, 1.54) is 167 Å². The molecular formula is C69H120O6. The molecule has 75 heavy (non-hydrogen) atoms. The maximum atomic E-state index is 12.9.